The number of carbonyl (C=O) groups is 2. The summed E-state index contributed by atoms with van der Waals surface area (Å²) in [6, 6.07) is 5.72. The molecule has 0 spiro atoms. The number of amides is 1. The molecule has 8 nitrogen and oxygen atoms in total. The Labute approximate surface area is 185 Å². The van der Waals surface area contributed by atoms with E-state index in [4.69, 9.17) is 10.3 Å². The molecule has 0 radical (unpaired) electrons. The number of aryl methyl sites for hydroxylation is 2. The number of nitrogen functional groups attached to an aromatic ring is 1. The number of ketones is 1. The average molecular weight is 439 g/mol. The fourth-order valence-corrected chi connectivity index (χ4v) is 4.22. The molecule has 9 heteroatoms. The van der Waals surface area contributed by atoms with Crippen molar-refractivity contribution < 1.29 is 18.5 Å². The lowest BCUT2D eigenvalue weighted by molar-refractivity contribution is -0.132. The second kappa shape index (κ2) is 8.94. The van der Waals surface area contributed by atoms with Crippen LogP contribution in [0.3, 0.4) is 0 Å². The number of rotatable bonds is 6. The van der Waals surface area contributed by atoms with Gasteiger partial charge in [-0.15, -0.1) is 0 Å². The first kappa shape index (κ1) is 21.7. The topological polar surface area (TPSA) is 107 Å². The summed E-state index contributed by atoms with van der Waals surface area (Å²) in [6.07, 6.45) is 3.79. The molecule has 2 N–H and O–H groups in total. The van der Waals surface area contributed by atoms with E-state index in [1.54, 1.807) is 17.0 Å². The summed E-state index contributed by atoms with van der Waals surface area (Å²) in [5.74, 6) is 0.132. The summed E-state index contributed by atoms with van der Waals surface area (Å²) < 4.78 is 19.8. The molecule has 0 saturated carbocycles. The summed E-state index contributed by atoms with van der Waals surface area (Å²) in [5, 5.41) is 8.14. The summed E-state index contributed by atoms with van der Waals surface area (Å²) in [4.78, 5) is 27.7. The van der Waals surface area contributed by atoms with Crippen LogP contribution in [0.15, 0.2) is 35.0 Å². The minimum absolute atomic E-state index is 0.0116. The number of piperidine rings is 1. The molecule has 4 rings (SSSR count). The Bertz CT molecular complexity index is 1120. The molecule has 1 aliphatic heterocycles. The van der Waals surface area contributed by atoms with Gasteiger partial charge in [-0.2, -0.15) is 5.10 Å². The van der Waals surface area contributed by atoms with E-state index in [2.05, 4.69) is 10.3 Å². The zero-order chi connectivity index (χ0) is 22.8. The van der Waals surface area contributed by atoms with Crippen LogP contribution in [0.2, 0.25) is 0 Å². The molecule has 1 amide bonds. The summed E-state index contributed by atoms with van der Waals surface area (Å²) >= 11 is 0. The van der Waals surface area contributed by atoms with Crippen LogP contribution in [0.25, 0.3) is 5.69 Å². The zero-order valence-electron chi connectivity index (χ0n) is 18.2. The van der Waals surface area contributed by atoms with E-state index in [1.807, 2.05) is 13.8 Å². The van der Waals surface area contributed by atoms with Crippen molar-refractivity contribution >= 4 is 17.5 Å². The largest absolute Gasteiger partial charge is 0.383 e. The smallest absolute Gasteiger partial charge is 0.222 e. The molecule has 0 bridgehead atoms. The quantitative estimate of drug-likeness (QED) is 0.591. The van der Waals surface area contributed by atoms with Crippen LogP contribution in [0.5, 0.6) is 0 Å². The number of Topliss-reactive ketones (excluding diaryl/α,β-unsaturated/α-hetero) is 1. The molecule has 1 aliphatic rings. The van der Waals surface area contributed by atoms with Crippen LogP contribution >= 0.6 is 0 Å². The normalized spacial score (nSPS) is 16.3. The van der Waals surface area contributed by atoms with E-state index in [1.165, 1.54) is 23.0 Å². The van der Waals surface area contributed by atoms with Crippen molar-refractivity contribution in [3.63, 3.8) is 0 Å². The number of likely N-dealkylation sites (tertiary alicyclic amines) is 1. The maximum absolute atomic E-state index is 13.2. The molecular formula is C23H26FN5O3. The lowest BCUT2D eigenvalue weighted by atomic mass is 9.90. The number of carbonyl (C=O) groups excluding carboxylic acids is 2. The van der Waals surface area contributed by atoms with Crippen molar-refractivity contribution in [2.24, 2.45) is 5.92 Å². The Balaban J connectivity index is 1.42. The third-order valence-electron chi connectivity index (χ3n) is 6.06. The number of hydrogen-bond acceptors (Lipinski definition) is 6. The third kappa shape index (κ3) is 4.28. The Kier molecular flexibility index (Phi) is 6.07. The lowest BCUT2D eigenvalue weighted by Gasteiger charge is -2.32. The maximum Gasteiger partial charge on any atom is 0.222 e. The second-order valence-electron chi connectivity index (χ2n) is 8.18. The molecule has 2 aromatic heterocycles. The van der Waals surface area contributed by atoms with E-state index >= 15 is 0 Å². The highest BCUT2D eigenvalue weighted by molar-refractivity contribution is 6.02. The second-order valence-corrected chi connectivity index (χ2v) is 8.18. The first-order chi connectivity index (χ1) is 15.3. The van der Waals surface area contributed by atoms with Crippen LogP contribution < -0.4 is 5.73 Å². The average Bonchev–Trinajstić information content (AvgIpc) is 3.33. The molecule has 1 fully saturated rings. The van der Waals surface area contributed by atoms with Gasteiger partial charge in [0.05, 0.1) is 23.1 Å². The van der Waals surface area contributed by atoms with Crippen LogP contribution in [-0.4, -0.2) is 44.6 Å². The molecule has 0 unspecified atom stereocenters. The van der Waals surface area contributed by atoms with Gasteiger partial charge in [-0.3, -0.25) is 9.59 Å². The number of anilines is 1. The van der Waals surface area contributed by atoms with Crippen LogP contribution in [0.1, 0.15) is 46.6 Å². The van der Waals surface area contributed by atoms with E-state index in [0.29, 0.717) is 43.6 Å². The molecule has 1 aromatic carbocycles. The monoisotopic (exact) mass is 439 g/mol. The number of benzene rings is 1. The van der Waals surface area contributed by atoms with Crippen molar-refractivity contribution in [1.82, 2.24) is 19.8 Å². The summed E-state index contributed by atoms with van der Waals surface area (Å²) in [6.45, 7) is 4.70. The van der Waals surface area contributed by atoms with Gasteiger partial charge in [0.25, 0.3) is 0 Å². The summed E-state index contributed by atoms with van der Waals surface area (Å²) in [7, 11) is 0. The number of hydrogen-bond donors (Lipinski definition) is 1. The molecule has 3 aromatic rings. The standard InChI is InChI=1S/C23H26FN5O3/c1-14-19(15(2)32-27-14)9-10-21(30)28-11-3-4-16(13-28)22(31)20-12-26-29(23(20)25)18-7-5-17(24)6-8-18/h5-8,12,16H,3-4,9-11,13,25H2,1-2H3/t16-/m1/s1. The predicted octanol–water partition coefficient (Wildman–Crippen LogP) is 3.25. The van der Waals surface area contributed by atoms with Crippen molar-refractivity contribution in [1.29, 1.82) is 0 Å². The van der Waals surface area contributed by atoms with Crippen molar-refractivity contribution in [3.8, 4) is 5.69 Å². The van der Waals surface area contributed by atoms with Gasteiger partial charge in [0, 0.05) is 31.0 Å². The van der Waals surface area contributed by atoms with Gasteiger partial charge in [-0.1, -0.05) is 5.16 Å². The van der Waals surface area contributed by atoms with E-state index in [9.17, 15) is 14.0 Å². The van der Waals surface area contributed by atoms with Gasteiger partial charge < -0.3 is 15.2 Å². The Morgan fingerprint density at radius 3 is 2.69 bits per heavy atom. The van der Waals surface area contributed by atoms with Gasteiger partial charge in [-0.05, 0) is 57.4 Å². The lowest BCUT2D eigenvalue weighted by Crippen LogP contribution is -2.42. The van der Waals surface area contributed by atoms with Gasteiger partial charge in [0.2, 0.25) is 5.91 Å². The highest BCUT2D eigenvalue weighted by Crippen LogP contribution is 2.26. The fraction of sp³-hybridized carbons (Fsp3) is 0.391. The van der Waals surface area contributed by atoms with Crippen molar-refractivity contribution in [2.75, 3.05) is 18.8 Å². The molecular weight excluding hydrogens is 413 g/mol. The fourth-order valence-electron chi connectivity index (χ4n) is 4.22. The Morgan fingerprint density at radius 1 is 1.25 bits per heavy atom. The molecule has 32 heavy (non-hydrogen) atoms. The highest BCUT2D eigenvalue weighted by Gasteiger charge is 2.31. The van der Waals surface area contributed by atoms with Gasteiger partial charge in [0.15, 0.2) is 5.78 Å². The molecule has 3 heterocycles. The molecule has 1 saturated heterocycles. The minimum atomic E-state index is -0.364. The number of aromatic nitrogens is 3. The predicted molar refractivity (Wildman–Crippen MR) is 116 cm³/mol. The van der Waals surface area contributed by atoms with Crippen molar-refractivity contribution in [3.05, 3.63) is 58.9 Å². The SMILES string of the molecule is Cc1noc(C)c1CCC(=O)N1CCC[C@@H](C(=O)c2cnn(-c3ccc(F)cc3)c2N)C1. The van der Waals surface area contributed by atoms with Gasteiger partial charge in [0.1, 0.15) is 17.4 Å². The first-order valence-corrected chi connectivity index (χ1v) is 10.7. The van der Waals surface area contributed by atoms with E-state index in [0.717, 1.165) is 23.4 Å². The van der Waals surface area contributed by atoms with Gasteiger partial charge in [-0.25, -0.2) is 9.07 Å². The van der Waals surface area contributed by atoms with Crippen molar-refractivity contribution in [2.45, 2.75) is 39.5 Å². The van der Waals surface area contributed by atoms with E-state index in [-0.39, 0.29) is 29.2 Å². The number of halogens is 1. The van der Waals surface area contributed by atoms with Crippen LogP contribution in [0, 0.1) is 25.6 Å². The molecule has 1 atom stereocenters. The number of nitrogens with zero attached hydrogens (tertiary/aromatic N) is 4. The highest BCUT2D eigenvalue weighted by atomic mass is 19.1. The number of nitrogens with two attached hydrogens (primary N) is 1. The van der Waals surface area contributed by atoms with E-state index < -0.39 is 0 Å². The molecule has 0 aliphatic carbocycles. The maximum atomic E-state index is 13.2. The minimum Gasteiger partial charge on any atom is -0.383 e. The van der Waals surface area contributed by atoms with Crippen LogP contribution in [-0.2, 0) is 11.2 Å². The Hall–Kier alpha value is -3.49. The summed E-state index contributed by atoms with van der Waals surface area (Å²) in [5.41, 5.74) is 8.86. The first-order valence-electron chi connectivity index (χ1n) is 10.7. The van der Waals surface area contributed by atoms with Crippen LogP contribution in [0.4, 0.5) is 10.2 Å². The Morgan fingerprint density at radius 2 is 2.00 bits per heavy atom. The molecule has 168 valence electrons. The third-order valence-corrected chi connectivity index (χ3v) is 6.06. The zero-order valence-corrected chi connectivity index (χ0v) is 18.2. The van der Waals surface area contributed by atoms with Gasteiger partial charge >= 0.3 is 0 Å².